The van der Waals surface area contributed by atoms with Crippen LogP contribution in [0.2, 0.25) is 0 Å². The van der Waals surface area contributed by atoms with Crippen molar-refractivity contribution in [2.45, 2.75) is 44.8 Å². The van der Waals surface area contributed by atoms with Crippen molar-refractivity contribution in [3.05, 3.63) is 59.7 Å². The lowest BCUT2D eigenvalue weighted by Crippen LogP contribution is -2.51. The SMILES string of the molecule is CCCC(NC(=O)OCC1c2ccccc2-c2ccccc21)C(O)C(=O)NCC(C)=O. The van der Waals surface area contributed by atoms with E-state index in [0.717, 1.165) is 22.3 Å². The molecule has 1 aliphatic carbocycles. The van der Waals surface area contributed by atoms with Crippen molar-refractivity contribution >= 4 is 17.8 Å². The molecule has 0 aromatic heterocycles. The number of rotatable bonds is 9. The molecule has 2 amide bonds. The van der Waals surface area contributed by atoms with Crippen LogP contribution in [0, 0.1) is 0 Å². The summed E-state index contributed by atoms with van der Waals surface area (Å²) in [6.45, 7) is 3.20. The van der Waals surface area contributed by atoms with Gasteiger partial charge in [-0.3, -0.25) is 9.59 Å². The number of benzene rings is 2. The van der Waals surface area contributed by atoms with Gasteiger partial charge in [0, 0.05) is 5.92 Å². The van der Waals surface area contributed by atoms with E-state index in [1.54, 1.807) is 0 Å². The largest absolute Gasteiger partial charge is 0.449 e. The smallest absolute Gasteiger partial charge is 0.407 e. The van der Waals surface area contributed by atoms with E-state index < -0.39 is 24.1 Å². The van der Waals surface area contributed by atoms with E-state index in [-0.39, 0.29) is 24.9 Å². The summed E-state index contributed by atoms with van der Waals surface area (Å²) in [5.41, 5.74) is 4.47. The van der Waals surface area contributed by atoms with Crippen LogP contribution in [0.3, 0.4) is 0 Å². The topological polar surface area (TPSA) is 105 Å². The second-order valence-corrected chi connectivity index (χ2v) is 7.73. The number of ether oxygens (including phenoxy) is 1. The zero-order chi connectivity index (χ0) is 22.4. The number of hydrogen-bond acceptors (Lipinski definition) is 5. The summed E-state index contributed by atoms with van der Waals surface area (Å²) >= 11 is 0. The fourth-order valence-electron chi connectivity index (χ4n) is 3.91. The van der Waals surface area contributed by atoms with Gasteiger partial charge in [-0.1, -0.05) is 61.9 Å². The molecule has 0 radical (unpaired) electrons. The van der Waals surface area contributed by atoms with E-state index in [9.17, 15) is 19.5 Å². The van der Waals surface area contributed by atoms with Gasteiger partial charge in [-0.2, -0.15) is 0 Å². The first-order chi connectivity index (χ1) is 14.9. The number of amides is 2. The van der Waals surface area contributed by atoms with Crippen LogP contribution in [0.15, 0.2) is 48.5 Å². The first-order valence-corrected chi connectivity index (χ1v) is 10.5. The standard InChI is InChI=1S/C24H28N2O5/c1-3-8-21(22(28)23(29)25-13-15(2)27)26-24(30)31-14-20-18-11-6-4-9-16(18)17-10-5-7-12-19(17)20/h4-7,9-12,20-22,28H,3,8,13-14H2,1-2H3,(H,25,29)(H,26,30). The molecule has 164 valence electrons. The van der Waals surface area contributed by atoms with E-state index in [0.29, 0.717) is 12.8 Å². The Morgan fingerprint density at radius 3 is 2.16 bits per heavy atom. The molecule has 3 N–H and O–H groups in total. The van der Waals surface area contributed by atoms with Gasteiger partial charge in [-0.05, 0) is 35.6 Å². The van der Waals surface area contributed by atoms with Gasteiger partial charge < -0.3 is 20.5 Å². The Hall–Kier alpha value is -3.19. The van der Waals surface area contributed by atoms with Gasteiger partial charge in [0.05, 0.1) is 12.6 Å². The monoisotopic (exact) mass is 424 g/mol. The normalized spacial score (nSPS) is 14.2. The Morgan fingerprint density at radius 1 is 1.03 bits per heavy atom. The number of hydrogen-bond donors (Lipinski definition) is 3. The van der Waals surface area contributed by atoms with Gasteiger partial charge in [0.15, 0.2) is 6.10 Å². The molecule has 7 nitrogen and oxygen atoms in total. The average molecular weight is 424 g/mol. The van der Waals surface area contributed by atoms with Crippen LogP contribution in [0.1, 0.15) is 43.7 Å². The number of nitrogens with one attached hydrogen (secondary N) is 2. The Balaban J connectivity index is 1.63. The summed E-state index contributed by atoms with van der Waals surface area (Å²) in [6, 6.07) is 15.3. The van der Waals surface area contributed by atoms with Crippen molar-refractivity contribution in [2.24, 2.45) is 0 Å². The van der Waals surface area contributed by atoms with Crippen molar-refractivity contribution in [2.75, 3.05) is 13.2 Å². The molecule has 0 fully saturated rings. The Morgan fingerprint density at radius 2 is 1.61 bits per heavy atom. The van der Waals surface area contributed by atoms with Crippen LogP contribution in [0.4, 0.5) is 4.79 Å². The molecule has 2 unspecified atom stereocenters. The maximum atomic E-state index is 12.5. The number of aliphatic hydroxyl groups excluding tert-OH is 1. The lowest BCUT2D eigenvalue weighted by atomic mass is 9.98. The molecule has 0 heterocycles. The maximum Gasteiger partial charge on any atom is 0.407 e. The van der Waals surface area contributed by atoms with E-state index in [1.807, 2.05) is 43.3 Å². The third-order valence-electron chi connectivity index (χ3n) is 5.41. The minimum absolute atomic E-state index is 0.0773. The predicted molar refractivity (Wildman–Crippen MR) is 117 cm³/mol. The number of fused-ring (bicyclic) bond motifs is 3. The van der Waals surface area contributed by atoms with Gasteiger partial charge in [0.25, 0.3) is 5.91 Å². The van der Waals surface area contributed by atoms with E-state index in [4.69, 9.17) is 4.74 Å². The Labute approximate surface area is 181 Å². The van der Waals surface area contributed by atoms with Crippen LogP contribution in [0.25, 0.3) is 11.1 Å². The summed E-state index contributed by atoms with van der Waals surface area (Å²) in [6.07, 6.45) is -1.14. The van der Waals surface area contributed by atoms with Crippen molar-refractivity contribution in [1.29, 1.82) is 0 Å². The molecular weight excluding hydrogens is 396 g/mol. The summed E-state index contributed by atoms with van der Waals surface area (Å²) in [5.74, 6) is -1.00. The molecule has 3 rings (SSSR count). The molecular formula is C24H28N2O5. The molecule has 0 bridgehead atoms. The molecule has 0 saturated carbocycles. The quantitative estimate of drug-likeness (QED) is 0.574. The number of alkyl carbamates (subject to hydrolysis) is 1. The second-order valence-electron chi connectivity index (χ2n) is 7.73. The third-order valence-corrected chi connectivity index (χ3v) is 5.41. The molecule has 2 aromatic rings. The van der Waals surface area contributed by atoms with Gasteiger partial charge in [0.2, 0.25) is 0 Å². The Kier molecular flexibility index (Phi) is 7.41. The van der Waals surface area contributed by atoms with Crippen molar-refractivity contribution in [3.8, 4) is 11.1 Å². The molecule has 31 heavy (non-hydrogen) atoms. The highest BCUT2D eigenvalue weighted by molar-refractivity contribution is 5.87. The lowest BCUT2D eigenvalue weighted by Gasteiger charge is -2.23. The number of carbonyl (C=O) groups is 3. The van der Waals surface area contributed by atoms with E-state index in [1.165, 1.54) is 6.92 Å². The second kappa shape index (κ2) is 10.2. The van der Waals surface area contributed by atoms with Crippen LogP contribution in [-0.4, -0.2) is 48.2 Å². The van der Waals surface area contributed by atoms with Gasteiger partial charge >= 0.3 is 6.09 Å². The summed E-state index contributed by atoms with van der Waals surface area (Å²) in [4.78, 5) is 35.6. The zero-order valence-corrected chi connectivity index (χ0v) is 17.8. The average Bonchev–Trinajstić information content (AvgIpc) is 3.09. The van der Waals surface area contributed by atoms with Crippen molar-refractivity contribution in [3.63, 3.8) is 0 Å². The van der Waals surface area contributed by atoms with Gasteiger partial charge in [-0.25, -0.2) is 4.79 Å². The van der Waals surface area contributed by atoms with Crippen LogP contribution < -0.4 is 10.6 Å². The molecule has 2 aromatic carbocycles. The van der Waals surface area contributed by atoms with Crippen LogP contribution in [0.5, 0.6) is 0 Å². The molecule has 0 spiro atoms. The van der Waals surface area contributed by atoms with Crippen LogP contribution in [-0.2, 0) is 14.3 Å². The van der Waals surface area contributed by atoms with E-state index >= 15 is 0 Å². The third kappa shape index (κ3) is 5.30. The molecule has 0 aliphatic heterocycles. The van der Waals surface area contributed by atoms with Crippen molar-refractivity contribution < 1.29 is 24.2 Å². The van der Waals surface area contributed by atoms with Gasteiger partial charge in [0.1, 0.15) is 12.4 Å². The van der Waals surface area contributed by atoms with Crippen LogP contribution >= 0.6 is 0 Å². The molecule has 2 atom stereocenters. The highest BCUT2D eigenvalue weighted by atomic mass is 16.5. The number of Topliss-reactive ketones (excluding diaryl/α,β-unsaturated/α-hetero) is 1. The highest BCUT2D eigenvalue weighted by Crippen LogP contribution is 2.44. The number of ketones is 1. The van der Waals surface area contributed by atoms with Crippen molar-refractivity contribution in [1.82, 2.24) is 10.6 Å². The number of aliphatic hydroxyl groups is 1. The Bertz CT molecular complexity index is 913. The zero-order valence-electron chi connectivity index (χ0n) is 17.8. The fourth-order valence-corrected chi connectivity index (χ4v) is 3.91. The minimum atomic E-state index is -1.47. The first-order valence-electron chi connectivity index (χ1n) is 10.5. The molecule has 1 aliphatic rings. The summed E-state index contributed by atoms with van der Waals surface area (Å²) in [5, 5.41) is 15.3. The molecule has 7 heteroatoms. The molecule has 0 saturated heterocycles. The lowest BCUT2D eigenvalue weighted by molar-refractivity contribution is -0.132. The first kappa shape index (κ1) is 22.5. The van der Waals surface area contributed by atoms with E-state index in [2.05, 4.69) is 22.8 Å². The summed E-state index contributed by atoms with van der Waals surface area (Å²) in [7, 11) is 0. The highest BCUT2D eigenvalue weighted by Gasteiger charge is 2.31. The maximum absolute atomic E-state index is 12.5. The van der Waals surface area contributed by atoms with Gasteiger partial charge in [-0.15, -0.1) is 0 Å². The number of carbonyl (C=O) groups excluding carboxylic acids is 3. The minimum Gasteiger partial charge on any atom is -0.449 e. The summed E-state index contributed by atoms with van der Waals surface area (Å²) < 4.78 is 5.50. The predicted octanol–water partition coefficient (Wildman–Crippen LogP) is 2.76. The fraction of sp³-hybridized carbons (Fsp3) is 0.375.